The van der Waals surface area contributed by atoms with Crippen molar-refractivity contribution in [3.05, 3.63) is 23.9 Å². The number of aromatic nitrogens is 1. The fourth-order valence-electron chi connectivity index (χ4n) is 2.51. The Morgan fingerprint density at radius 2 is 2.16 bits per heavy atom. The highest BCUT2D eigenvalue weighted by molar-refractivity contribution is 5.25. The molecule has 0 radical (unpaired) electrons. The lowest BCUT2D eigenvalue weighted by atomic mass is 10.2. The molecule has 0 aromatic carbocycles. The molecule has 1 N–H and O–H groups in total. The molecule has 19 heavy (non-hydrogen) atoms. The lowest BCUT2D eigenvalue weighted by Gasteiger charge is -2.16. The number of nitrogens with one attached hydrogen (secondary N) is 1. The molecule has 1 aliphatic heterocycles. The molecule has 3 rings (SSSR count). The highest BCUT2D eigenvalue weighted by Crippen LogP contribution is 2.21. The molecule has 0 atom stereocenters. The summed E-state index contributed by atoms with van der Waals surface area (Å²) < 4.78 is 5.86. The molecule has 1 saturated carbocycles. The van der Waals surface area contributed by atoms with Crippen molar-refractivity contribution < 1.29 is 4.74 Å². The topological polar surface area (TPSA) is 37.4 Å². The summed E-state index contributed by atoms with van der Waals surface area (Å²) in [6.07, 6.45) is 7.10. The molecule has 0 amide bonds. The minimum atomic E-state index is 0.720. The number of nitrogens with zero attached hydrogens (tertiary/aromatic N) is 2. The van der Waals surface area contributed by atoms with Crippen LogP contribution >= 0.6 is 0 Å². The fourth-order valence-corrected chi connectivity index (χ4v) is 2.51. The van der Waals surface area contributed by atoms with Gasteiger partial charge in [-0.1, -0.05) is 6.07 Å². The first-order valence-corrected chi connectivity index (χ1v) is 7.44. The molecular formula is C15H23N3O. The van der Waals surface area contributed by atoms with Crippen molar-refractivity contribution in [2.24, 2.45) is 0 Å². The second-order valence-electron chi connectivity index (χ2n) is 5.52. The van der Waals surface area contributed by atoms with Gasteiger partial charge in [0.15, 0.2) is 0 Å². The van der Waals surface area contributed by atoms with E-state index >= 15 is 0 Å². The van der Waals surface area contributed by atoms with E-state index < -0.39 is 0 Å². The standard InChI is InChI=1S/C15H23N3O/c1-2-9-18(8-1)10-11-19-15-13(4-3-7-16-15)12-17-14-5-6-14/h3-4,7,14,17H,1-2,5-6,8-12H2. The zero-order valence-corrected chi connectivity index (χ0v) is 11.5. The fraction of sp³-hybridized carbons (Fsp3) is 0.667. The Kier molecular flexibility index (Phi) is 4.30. The van der Waals surface area contributed by atoms with E-state index in [9.17, 15) is 0 Å². The van der Waals surface area contributed by atoms with Gasteiger partial charge in [-0.3, -0.25) is 4.90 Å². The van der Waals surface area contributed by atoms with Gasteiger partial charge < -0.3 is 10.1 Å². The van der Waals surface area contributed by atoms with E-state index in [1.165, 1.54) is 44.3 Å². The quantitative estimate of drug-likeness (QED) is 0.812. The molecule has 2 heterocycles. The van der Waals surface area contributed by atoms with E-state index in [0.29, 0.717) is 0 Å². The largest absolute Gasteiger partial charge is 0.476 e. The summed E-state index contributed by atoms with van der Waals surface area (Å²) in [7, 11) is 0. The Hall–Kier alpha value is -1.13. The van der Waals surface area contributed by atoms with Crippen LogP contribution in [-0.2, 0) is 6.54 Å². The van der Waals surface area contributed by atoms with Crippen molar-refractivity contribution in [3.8, 4) is 5.88 Å². The number of pyridine rings is 1. The predicted molar refractivity (Wildman–Crippen MR) is 75.3 cm³/mol. The predicted octanol–water partition coefficient (Wildman–Crippen LogP) is 1.81. The lowest BCUT2D eigenvalue weighted by Crippen LogP contribution is -2.25. The van der Waals surface area contributed by atoms with Crippen molar-refractivity contribution in [2.45, 2.75) is 38.3 Å². The van der Waals surface area contributed by atoms with Gasteiger partial charge in [0.05, 0.1) is 0 Å². The maximum Gasteiger partial charge on any atom is 0.217 e. The third kappa shape index (κ3) is 3.91. The molecular weight excluding hydrogens is 238 g/mol. The maximum absolute atomic E-state index is 5.86. The summed E-state index contributed by atoms with van der Waals surface area (Å²) in [6.45, 7) is 5.08. The van der Waals surface area contributed by atoms with Gasteiger partial charge in [0.25, 0.3) is 0 Å². The molecule has 4 heteroatoms. The highest BCUT2D eigenvalue weighted by atomic mass is 16.5. The SMILES string of the molecule is c1cnc(OCCN2CCCC2)c(CNC2CC2)c1. The van der Waals surface area contributed by atoms with Crippen molar-refractivity contribution in [1.29, 1.82) is 0 Å². The second-order valence-corrected chi connectivity index (χ2v) is 5.52. The van der Waals surface area contributed by atoms with Crippen molar-refractivity contribution in [1.82, 2.24) is 15.2 Å². The van der Waals surface area contributed by atoms with Crippen LogP contribution in [0.4, 0.5) is 0 Å². The molecule has 1 aromatic rings. The smallest absolute Gasteiger partial charge is 0.217 e. The molecule has 104 valence electrons. The summed E-state index contributed by atoms with van der Waals surface area (Å²) in [5.74, 6) is 0.801. The molecule has 1 saturated heterocycles. The summed E-state index contributed by atoms with van der Waals surface area (Å²) in [5.41, 5.74) is 1.18. The number of likely N-dealkylation sites (tertiary alicyclic amines) is 1. The van der Waals surface area contributed by atoms with E-state index in [0.717, 1.165) is 31.6 Å². The Morgan fingerprint density at radius 1 is 1.32 bits per heavy atom. The molecule has 1 aromatic heterocycles. The molecule has 0 unspecified atom stereocenters. The van der Waals surface area contributed by atoms with E-state index in [2.05, 4.69) is 21.3 Å². The van der Waals surface area contributed by atoms with Crippen LogP contribution in [0.1, 0.15) is 31.2 Å². The van der Waals surface area contributed by atoms with Crippen LogP contribution in [0.2, 0.25) is 0 Å². The number of ether oxygens (including phenoxy) is 1. The van der Waals surface area contributed by atoms with Gasteiger partial charge in [0.2, 0.25) is 5.88 Å². The first-order valence-electron chi connectivity index (χ1n) is 7.44. The van der Waals surface area contributed by atoms with Gasteiger partial charge in [0, 0.05) is 30.9 Å². The average molecular weight is 261 g/mol. The van der Waals surface area contributed by atoms with Crippen LogP contribution < -0.4 is 10.1 Å². The second kappa shape index (κ2) is 6.35. The zero-order chi connectivity index (χ0) is 12.9. The van der Waals surface area contributed by atoms with Crippen LogP contribution in [0.5, 0.6) is 5.88 Å². The third-order valence-electron chi connectivity index (χ3n) is 3.85. The first-order chi connectivity index (χ1) is 9.42. The lowest BCUT2D eigenvalue weighted by molar-refractivity contribution is 0.230. The Morgan fingerprint density at radius 3 is 2.95 bits per heavy atom. The van der Waals surface area contributed by atoms with E-state index in [1.807, 2.05) is 12.3 Å². The molecule has 4 nitrogen and oxygen atoms in total. The van der Waals surface area contributed by atoms with E-state index in [1.54, 1.807) is 0 Å². The van der Waals surface area contributed by atoms with Crippen LogP contribution in [0.3, 0.4) is 0 Å². The van der Waals surface area contributed by atoms with Gasteiger partial charge in [-0.25, -0.2) is 4.98 Å². The third-order valence-corrected chi connectivity index (χ3v) is 3.85. The Balaban J connectivity index is 1.47. The highest BCUT2D eigenvalue weighted by Gasteiger charge is 2.20. The molecule has 0 bridgehead atoms. The normalized spacial score (nSPS) is 19.8. The summed E-state index contributed by atoms with van der Waals surface area (Å²) in [4.78, 5) is 6.82. The van der Waals surface area contributed by atoms with Crippen LogP contribution in [0.15, 0.2) is 18.3 Å². The summed E-state index contributed by atoms with van der Waals surface area (Å²) >= 11 is 0. The molecule has 2 aliphatic rings. The monoisotopic (exact) mass is 261 g/mol. The van der Waals surface area contributed by atoms with Gasteiger partial charge in [-0.2, -0.15) is 0 Å². The number of hydrogen-bond donors (Lipinski definition) is 1. The van der Waals surface area contributed by atoms with Crippen LogP contribution in [0.25, 0.3) is 0 Å². The van der Waals surface area contributed by atoms with Gasteiger partial charge in [0.1, 0.15) is 6.61 Å². The first kappa shape index (κ1) is 12.9. The molecule has 0 spiro atoms. The molecule has 1 aliphatic carbocycles. The minimum Gasteiger partial charge on any atom is -0.476 e. The minimum absolute atomic E-state index is 0.720. The Labute approximate surface area is 115 Å². The molecule has 2 fully saturated rings. The van der Waals surface area contributed by atoms with E-state index in [-0.39, 0.29) is 0 Å². The Bertz CT molecular complexity index is 400. The summed E-state index contributed by atoms with van der Waals surface area (Å²) in [5, 5.41) is 3.51. The van der Waals surface area contributed by atoms with Crippen molar-refractivity contribution in [2.75, 3.05) is 26.2 Å². The zero-order valence-electron chi connectivity index (χ0n) is 11.5. The van der Waals surface area contributed by atoms with Crippen LogP contribution in [0, 0.1) is 0 Å². The summed E-state index contributed by atoms with van der Waals surface area (Å²) in [6, 6.07) is 4.81. The van der Waals surface area contributed by atoms with Gasteiger partial charge in [-0.05, 0) is 44.8 Å². The van der Waals surface area contributed by atoms with Crippen molar-refractivity contribution >= 4 is 0 Å². The van der Waals surface area contributed by atoms with E-state index in [4.69, 9.17) is 4.74 Å². The van der Waals surface area contributed by atoms with Crippen LogP contribution in [-0.4, -0.2) is 42.2 Å². The van der Waals surface area contributed by atoms with Crippen molar-refractivity contribution in [3.63, 3.8) is 0 Å². The maximum atomic E-state index is 5.86. The van der Waals surface area contributed by atoms with Gasteiger partial charge in [-0.15, -0.1) is 0 Å². The number of rotatable bonds is 7. The van der Waals surface area contributed by atoms with Gasteiger partial charge >= 0.3 is 0 Å². The number of hydrogen-bond acceptors (Lipinski definition) is 4. The average Bonchev–Trinajstić information content (AvgIpc) is 3.13.